The van der Waals surface area contributed by atoms with Gasteiger partial charge in [0.25, 0.3) is 11.8 Å². The fraction of sp³-hybridized carbons (Fsp3) is 0.500. The van der Waals surface area contributed by atoms with Crippen LogP contribution in [-0.2, 0) is 19.1 Å². The number of anilines is 1. The van der Waals surface area contributed by atoms with Crippen LogP contribution in [0, 0.1) is 26.7 Å². The van der Waals surface area contributed by atoms with E-state index in [4.69, 9.17) is 4.74 Å². The number of hydrogen-bond donors (Lipinski definition) is 2. The molecule has 1 aromatic rings. The first-order chi connectivity index (χ1) is 13.1. The SMILES string of the molecule is Cc1cc(C)c(NC(=O)COC(=O)CN2C(=O)N[C@@](C)(C3CC3)C2=O)c(C)c1. The molecule has 0 radical (unpaired) electrons. The van der Waals surface area contributed by atoms with Crippen molar-refractivity contribution in [1.29, 1.82) is 0 Å². The summed E-state index contributed by atoms with van der Waals surface area (Å²) < 4.78 is 4.96. The van der Waals surface area contributed by atoms with Crippen molar-refractivity contribution in [3.63, 3.8) is 0 Å². The minimum Gasteiger partial charge on any atom is -0.454 e. The number of carbonyl (C=O) groups excluding carboxylic acids is 4. The molecule has 1 saturated carbocycles. The van der Waals surface area contributed by atoms with Crippen LogP contribution >= 0.6 is 0 Å². The molecule has 4 amide bonds. The van der Waals surface area contributed by atoms with Crippen LogP contribution in [0.15, 0.2) is 12.1 Å². The second kappa shape index (κ2) is 7.26. The summed E-state index contributed by atoms with van der Waals surface area (Å²) in [4.78, 5) is 49.6. The quantitative estimate of drug-likeness (QED) is 0.572. The minimum atomic E-state index is -0.949. The Morgan fingerprint density at radius 2 is 1.82 bits per heavy atom. The molecule has 150 valence electrons. The van der Waals surface area contributed by atoms with Gasteiger partial charge in [-0.1, -0.05) is 17.7 Å². The number of amides is 4. The van der Waals surface area contributed by atoms with Gasteiger partial charge in [0.05, 0.1) is 0 Å². The van der Waals surface area contributed by atoms with E-state index in [0.29, 0.717) is 5.69 Å². The van der Waals surface area contributed by atoms with Crippen molar-refractivity contribution in [2.24, 2.45) is 5.92 Å². The lowest BCUT2D eigenvalue weighted by Gasteiger charge is -2.20. The molecule has 8 heteroatoms. The van der Waals surface area contributed by atoms with Crippen LogP contribution in [0.25, 0.3) is 0 Å². The molecule has 0 unspecified atom stereocenters. The van der Waals surface area contributed by atoms with E-state index in [-0.39, 0.29) is 5.92 Å². The van der Waals surface area contributed by atoms with Crippen molar-refractivity contribution >= 4 is 29.5 Å². The third-order valence-electron chi connectivity index (χ3n) is 5.29. The lowest BCUT2D eigenvalue weighted by molar-refractivity contribution is -0.150. The van der Waals surface area contributed by atoms with Crippen LogP contribution in [0.2, 0.25) is 0 Å². The predicted octanol–water partition coefficient (Wildman–Crippen LogP) is 1.81. The first kappa shape index (κ1) is 19.9. The number of carbonyl (C=O) groups is 4. The zero-order valence-electron chi connectivity index (χ0n) is 16.5. The van der Waals surface area contributed by atoms with Crippen LogP contribution < -0.4 is 10.6 Å². The second-order valence-corrected chi connectivity index (χ2v) is 7.78. The first-order valence-electron chi connectivity index (χ1n) is 9.29. The number of rotatable bonds is 6. The number of ether oxygens (including phenoxy) is 1. The molecule has 1 aromatic carbocycles. The number of imide groups is 1. The molecule has 2 fully saturated rings. The van der Waals surface area contributed by atoms with Gasteiger partial charge in [0.15, 0.2) is 6.61 Å². The monoisotopic (exact) mass is 387 g/mol. The molecule has 2 aliphatic rings. The van der Waals surface area contributed by atoms with E-state index in [2.05, 4.69) is 10.6 Å². The van der Waals surface area contributed by atoms with E-state index in [1.807, 2.05) is 32.9 Å². The minimum absolute atomic E-state index is 0.108. The highest BCUT2D eigenvalue weighted by Gasteiger charge is 2.56. The summed E-state index contributed by atoms with van der Waals surface area (Å²) in [6.45, 7) is 6.41. The fourth-order valence-electron chi connectivity index (χ4n) is 3.67. The Bertz CT molecular complexity index is 838. The van der Waals surface area contributed by atoms with E-state index in [1.165, 1.54) is 0 Å². The van der Waals surface area contributed by atoms with Crippen molar-refractivity contribution in [3.05, 3.63) is 28.8 Å². The van der Waals surface area contributed by atoms with Crippen molar-refractivity contribution in [3.8, 4) is 0 Å². The van der Waals surface area contributed by atoms with E-state index in [0.717, 1.165) is 34.4 Å². The van der Waals surface area contributed by atoms with Crippen LogP contribution in [0.5, 0.6) is 0 Å². The van der Waals surface area contributed by atoms with Crippen LogP contribution in [0.1, 0.15) is 36.5 Å². The van der Waals surface area contributed by atoms with Crippen LogP contribution in [0.4, 0.5) is 10.5 Å². The molecule has 3 rings (SSSR count). The average molecular weight is 387 g/mol. The summed E-state index contributed by atoms with van der Waals surface area (Å²) in [6, 6.07) is 3.29. The molecular weight excluding hydrogens is 362 g/mol. The molecule has 0 aromatic heterocycles. The smallest absolute Gasteiger partial charge is 0.326 e. The molecule has 1 atom stereocenters. The number of nitrogens with one attached hydrogen (secondary N) is 2. The zero-order chi connectivity index (χ0) is 20.6. The van der Waals surface area contributed by atoms with Crippen molar-refractivity contribution in [2.45, 2.75) is 46.1 Å². The lowest BCUT2D eigenvalue weighted by Crippen LogP contribution is -2.46. The van der Waals surface area contributed by atoms with E-state index >= 15 is 0 Å². The molecule has 1 saturated heterocycles. The van der Waals surface area contributed by atoms with Crippen molar-refractivity contribution in [1.82, 2.24) is 10.2 Å². The maximum absolute atomic E-state index is 12.5. The maximum atomic E-state index is 12.5. The van der Waals surface area contributed by atoms with Gasteiger partial charge in [-0.3, -0.25) is 19.3 Å². The number of aryl methyl sites for hydroxylation is 3. The Kier molecular flexibility index (Phi) is 5.14. The number of benzene rings is 1. The highest BCUT2D eigenvalue weighted by atomic mass is 16.5. The first-order valence-corrected chi connectivity index (χ1v) is 9.29. The normalized spacial score (nSPS) is 21.5. The van der Waals surface area contributed by atoms with Gasteiger partial charge in [0, 0.05) is 5.69 Å². The van der Waals surface area contributed by atoms with Crippen molar-refractivity contribution < 1.29 is 23.9 Å². The van der Waals surface area contributed by atoms with E-state index in [1.54, 1.807) is 6.92 Å². The Labute approximate surface area is 163 Å². The third kappa shape index (κ3) is 3.85. The summed E-state index contributed by atoms with van der Waals surface area (Å²) in [5.74, 6) is -1.61. The number of hydrogen-bond acceptors (Lipinski definition) is 5. The Morgan fingerprint density at radius 1 is 1.21 bits per heavy atom. The third-order valence-corrected chi connectivity index (χ3v) is 5.29. The van der Waals surface area contributed by atoms with Gasteiger partial charge in [-0.25, -0.2) is 4.79 Å². The van der Waals surface area contributed by atoms with Gasteiger partial charge in [0.2, 0.25) is 0 Å². The molecule has 1 aliphatic heterocycles. The highest BCUT2D eigenvalue weighted by molar-refractivity contribution is 6.09. The van der Waals surface area contributed by atoms with Crippen LogP contribution in [-0.4, -0.2) is 47.4 Å². The van der Waals surface area contributed by atoms with Gasteiger partial charge >= 0.3 is 12.0 Å². The second-order valence-electron chi connectivity index (χ2n) is 7.78. The summed E-state index contributed by atoms with van der Waals surface area (Å²) in [6.07, 6.45) is 1.75. The molecular formula is C20H25N3O5. The number of esters is 1. The Hall–Kier alpha value is -2.90. The molecule has 0 bridgehead atoms. The van der Waals surface area contributed by atoms with Gasteiger partial charge < -0.3 is 15.4 Å². The maximum Gasteiger partial charge on any atom is 0.326 e. The molecule has 0 spiro atoms. The fourth-order valence-corrected chi connectivity index (χ4v) is 3.67. The van der Waals surface area contributed by atoms with E-state index in [9.17, 15) is 19.2 Å². The van der Waals surface area contributed by atoms with E-state index < -0.39 is 42.5 Å². The average Bonchev–Trinajstić information content (AvgIpc) is 3.42. The molecule has 8 nitrogen and oxygen atoms in total. The lowest BCUT2D eigenvalue weighted by atomic mass is 9.96. The Balaban J connectivity index is 1.53. The summed E-state index contributed by atoms with van der Waals surface area (Å²) in [5.41, 5.74) is 2.65. The summed E-state index contributed by atoms with van der Waals surface area (Å²) >= 11 is 0. The molecule has 28 heavy (non-hydrogen) atoms. The topological polar surface area (TPSA) is 105 Å². The van der Waals surface area contributed by atoms with Crippen LogP contribution in [0.3, 0.4) is 0 Å². The van der Waals surface area contributed by atoms with Gasteiger partial charge in [-0.2, -0.15) is 0 Å². The predicted molar refractivity (Wildman–Crippen MR) is 102 cm³/mol. The highest BCUT2D eigenvalue weighted by Crippen LogP contribution is 2.42. The largest absolute Gasteiger partial charge is 0.454 e. The van der Waals surface area contributed by atoms with Gasteiger partial charge in [-0.05, 0) is 57.6 Å². The molecule has 1 aliphatic carbocycles. The molecule has 2 N–H and O–H groups in total. The zero-order valence-corrected chi connectivity index (χ0v) is 16.5. The van der Waals surface area contributed by atoms with Crippen molar-refractivity contribution in [2.75, 3.05) is 18.5 Å². The van der Waals surface area contributed by atoms with Gasteiger partial charge in [-0.15, -0.1) is 0 Å². The molecule has 1 heterocycles. The number of urea groups is 1. The number of nitrogens with zero attached hydrogens (tertiary/aromatic N) is 1. The summed E-state index contributed by atoms with van der Waals surface area (Å²) in [7, 11) is 0. The summed E-state index contributed by atoms with van der Waals surface area (Å²) in [5, 5.41) is 5.39. The standard InChI is InChI=1S/C20H25N3O5/c1-11-7-12(2)17(13(3)8-11)21-15(24)10-28-16(25)9-23-18(26)20(4,14-5-6-14)22-19(23)27/h7-8,14H,5-6,9-10H2,1-4H3,(H,21,24)(H,22,27)/t20-/m0/s1. The van der Waals surface area contributed by atoms with Gasteiger partial charge in [0.1, 0.15) is 12.1 Å². The Morgan fingerprint density at radius 3 is 2.39 bits per heavy atom.